The second kappa shape index (κ2) is 11.5. The van der Waals surface area contributed by atoms with Gasteiger partial charge in [-0.2, -0.15) is 0 Å². The van der Waals surface area contributed by atoms with E-state index < -0.39 is 0 Å². The summed E-state index contributed by atoms with van der Waals surface area (Å²) in [4.78, 5) is 0. The maximum atomic E-state index is 2.35. The Hall–Kier alpha value is 0. The molecule has 0 saturated carbocycles. The summed E-state index contributed by atoms with van der Waals surface area (Å²) < 4.78 is 0. The Balaban J connectivity index is 3.54. The average Bonchev–Trinajstić information content (AvgIpc) is 2.32. The van der Waals surface area contributed by atoms with Crippen LogP contribution >= 0.6 is 0 Å². The zero-order valence-electron chi connectivity index (χ0n) is 12.1. The molecule has 0 rings (SSSR count). The van der Waals surface area contributed by atoms with Crippen LogP contribution in [-0.4, -0.2) is 0 Å². The molecule has 0 N–H and O–H groups in total. The van der Waals surface area contributed by atoms with E-state index in [1.165, 1.54) is 64.2 Å². The molecule has 0 aromatic rings. The summed E-state index contributed by atoms with van der Waals surface area (Å²) in [5.74, 6) is 2.72. The highest BCUT2D eigenvalue weighted by atomic mass is 14.2. The number of hydrogen-bond acceptors (Lipinski definition) is 0. The van der Waals surface area contributed by atoms with E-state index in [0.717, 1.165) is 5.92 Å². The van der Waals surface area contributed by atoms with Crippen LogP contribution in [0.2, 0.25) is 0 Å². The third-order valence-electron chi connectivity index (χ3n) is 3.88. The summed E-state index contributed by atoms with van der Waals surface area (Å²) in [6.45, 7) is 9.29. The molecule has 0 heterocycles. The molecule has 0 aliphatic rings. The smallest absolute Gasteiger partial charge is 0.0216 e. The van der Waals surface area contributed by atoms with E-state index in [1.54, 1.807) is 5.92 Å². The molecule has 0 heteroatoms. The first-order valence-corrected chi connectivity index (χ1v) is 7.64. The van der Waals surface area contributed by atoms with Crippen molar-refractivity contribution in [2.75, 3.05) is 0 Å². The molecule has 16 heavy (non-hydrogen) atoms. The standard InChI is InChI=1S/C16H33/c1-5-9-10-11-12-13-14-16(8-4)15(6-2)7-3/h16H,5-14H2,1-4H3. The predicted molar refractivity (Wildman–Crippen MR) is 75.6 cm³/mol. The van der Waals surface area contributed by atoms with Gasteiger partial charge in [0.05, 0.1) is 0 Å². The zero-order chi connectivity index (χ0) is 12.2. The van der Waals surface area contributed by atoms with E-state index in [0.29, 0.717) is 0 Å². The summed E-state index contributed by atoms with van der Waals surface area (Å²) >= 11 is 0. The van der Waals surface area contributed by atoms with E-state index in [1.807, 2.05) is 0 Å². The summed E-state index contributed by atoms with van der Waals surface area (Å²) in [5.41, 5.74) is 0. The van der Waals surface area contributed by atoms with Crippen molar-refractivity contribution in [1.82, 2.24) is 0 Å². The van der Waals surface area contributed by atoms with Crippen molar-refractivity contribution in [3.63, 3.8) is 0 Å². The van der Waals surface area contributed by atoms with Crippen LogP contribution in [0.25, 0.3) is 0 Å². The lowest BCUT2D eigenvalue weighted by Crippen LogP contribution is -2.10. The van der Waals surface area contributed by atoms with Crippen molar-refractivity contribution in [2.24, 2.45) is 5.92 Å². The fourth-order valence-electron chi connectivity index (χ4n) is 2.70. The van der Waals surface area contributed by atoms with Crippen LogP contribution in [0.3, 0.4) is 0 Å². The van der Waals surface area contributed by atoms with Gasteiger partial charge in [-0.1, -0.05) is 72.6 Å². The van der Waals surface area contributed by atoms with Crippen LogP contribution in [0.4, 0.5) is 0 Å². The summed E-state index contributed by atoms with van der Waals surface area (Å²) in [6, 6.07) is 0. The normalized spacial score (nSPS) is 13.3. The predicted octanol–water partition coefficient (Wildman–Crippen LogP) is 6.16. The van der Waals surface area contributed by atoms with Gasteiger partial charge in [-0.05, 0) is 31.1 Å². The molecule has 0 aliphatic carbocycles. The van der Waals surface area contributed by atoms with Crippen LogP contribution < -0.4 is 0 Å². The van der Waals surface area contributed by atoms with E-state index in [-0.39, 0.29) is 0 Å². The molecule has 1 radical (unpaired) electrons. The van der Waals surface area contributed by atoms with Crippen molar-refractivity contribution in [2.45, 2.75) is 91.9 Å². The van der Waals surface area contributed by atoms with Gasteiger partial charge in [0, 0.05) is 0 Å². The average molecular weight is 225 g/mol. The fourth-order valence-corrected chi connectivity index (χ4v) is 2.70. The van der Waals surface area contributed by atoms with Crippen molar-refractivity contribution in [3.05, 3.63) is 5.92 Å². The lowest BCUT2D eigenvalue weighted by Gasteiger charge is -2.23. The first-order valence-electron chi connectivity index (χ1n) is 7.64. The highest BCUT2D eigenvalue weighted by Gasteiger charge is 2.16. The van der Waals surface area contributed by atoms with Gasteiger partial charge in [0.15, 0.2) is 0 Å². The first-order chi connectivity index (χ1) is 7.79. The minimum absolute atomic E-state index is 0.918. The summed E-state index contributed by atoms with van der Waals surface area (Å²) in [7, 11) is 0. The SMILES string of the molecule is CCCCCCCCC(CC)[C](CC)CC. The van der Waals surface area contributed by atoms with E-state index >= 15 is 0 Å². The molecular formula is C16H33. The third kappa shape index (κ3) is 7.30. The maximum Gasteiger partial charge on any atom is -0.0216 e. The molecule has 0 spiro atoms. The van der Waals surface area contributed by atoms with Gasteiger partial charge >= 0.3 is 0 Å². The highest BCUT2D eigenvalue weighted by molar-refractivity contribution is 4.93. The van der Waals surface area contributed by atoms with Crippen molar-refractivity contribution in [1.29, 1.82) is 0 Å². The molecular weight excluding hydrogens is 192 g/mol. The first kappa shape index (κ1) is 16.0. The van der Waals surface area contributed by atoms with E-state index in [4.69, 9.17) is 0 Å². The maximum absolute atomic E-state index is 2.35. The zero-order valence-corrected chi connectivity index (χ0v) is 12.1. The Morgan fingerprint density at radius 2 is 1.31 bits per heavy atom. The number of hydrogen-bond donors (Lipinski definition) is 0. The summed E-state index contributed by atoms with van der Waals surface area (Å²) in [6.07, 6.45) is 14.0. The molecule has 0 aromatic carbocycles. The Morgan fingerprint density at radius 3 is 1.81 bits per heavy atom. The largest absolute Gasteiger partial charge is 0.0654 e. The van der Waals surface area contributed by atoms with Gasteiger partial charge in [0.2, 0.25) is 0 Å². The molecule has 0 bridgehead atoms. The summed E-state index contributed by atoms with van der Waals surface area (Å²) in [5, 5.41) is 0. The molecule has 0 nitrogen and oxygen atoms in total. The third-order valence-corrected chi connectivity index (χ3v) is 3.88. The highest BCUT2D eigenvalue weighted by Crippen LogP contribution is 2.29. The second-order valence-electron chi connectivity index (χ2n) is 5.03. The molecule has 0 amide bonds. The Morgan fingerprint density at radius 1 is 0.750 bits per heavy atom. The minimum Gasteiger partial charge on any atom is -0.0654 e. The molecule has 0 saturated heterocycles. The topological polar surface area (TPSA) is 0 Å². The van der Waals surface area contributed by atoms with Crippen LogP contribution in [0.5, 0.6) is 0 Å². The van der Waals surface area contributed by atoms with Crippen LogP contribution in [-0.2, 0) is 0 Å². The molecule has 0 fully saturated rings. The molecule has 0 aliphatic heterocycles. The van der Waals surface area contributed by atoms with Crippen molar-refractivity contribution < 1.29 is 0 Å². The Bertz CT molecular complexity index is 124. The monoisotopic (exact) mass is 225 g/mol. The minimum atomic E-state index is 0.918. The van der Waals surface area contributed by atoms with Gasteiger partial charge in [-0.15, -0.1) is 0 Å². The number of unbranched alkanes of at least 4 members (excludes halogenated alkanes) is 5. The molecule has 1 atom stereocenters. The van der Waals surface area contributed by atoms with Gasteiger partial charge in [-0.3, -0.25) is 0 Å². The fraction of sp³-hybridized carbons (Fsp3) is 0.938. The van der Waals surface area contributed by atoms with E-state index in [2.05, 4.69) is 27.7 Å². The van der Waals surface area contributed by atoms with Crippen molar-refractivity contribution in [3.8, 4) is 0 Å². The van der Waals surface area contributed by atoms with Gasteiger partial charge in [0.1, 0.15) is 0 Å². The van der Waals surface area contributed by atoms with Crippen LogP contribution in [0.1, 0.15) is 91.9 Å². The molecule has 1 unspecified atom stereocenters. The van der Waals surface area contributed by atoms with Crippen LogP contribution in [0.15, 0.2) is 0 Å². The van der Waals surface area contributed by atoms with Gasteiger partial charge < -0.3 is 0 Å². The Kier molecular flexibility index (Phi) is 11.5. The quantitative estimate of drug-likeness (QED) is 0.369. The lowest BCUT2D eigenvalue weighted by molar-refractivity contribution is 0.423. The van der Waals surface area contributed by atoms with Crippen molar-refractivity contribution >= 4 is 0 Å². The van der Waals surface area contributed by atoms with Crippen LogP contribution in [0, 0.1) is 11.8 Å². The number of rotatable bonds is 11. The molecule has 97 valence electrons. The van der Waals surface area contributed by atoms with Gasteiger partial charge in [-0.25, -0.2) is 0 Å². The van der Waals surface area contributed by atoms with Gasteiger partial charge in [0.25, 0.3) is 0 Å². The second-order valence-corrected chi connectivity index (χ2v) is 5.03. The van der Waals surface area contributed by atoms with E-state index in [9.17, 15) is 0 Å². The lowest BCUT2D eigenvalue weighted by atomic mass is 9.82. The molecule has 0 aromatic heterocycles. The Labute approximate surface area is 104 Å².